The molecule has 2 N–H and O–H groups in total. The summed E-state index contributed by atoms with van der Waals surface area (Å²) in [7, 11) is 0. The van der Waals surface area contributed by atoms with E-state index in [4.69, 9.17) is 0 Å². The van der Waals surface area contributed by atoms with Crippen LogP contribution in [0.4, 0.5) is 0 Å². The zero-order valence-corrected chi connectivity index (χ0v) is 8.18. The Hall–Kier alpha value is -0.0800. The maximum absolute atomic E-state index is 9.87. The topological polar surface area (TPSA) is 40.5 Å². The molecule has 2 atom stereocenters. The summed E-state index contributed by atoms with van der Waals surface area (Å²) in [5.41, 5.74) is -1.27. The van der Waals surface area contributed by atoms with Crippen LogP contribution in [0.2, 0.25) is 0 Å². The van der Waals surface area contributed by atoms with Crippen molar-refractivity contribution in [2.45, 2.75) is 52.7 Å². The Morgan fingerprint density at radius 1 is 1.18 bits per heavy atom. The summed E-state index contributed by atoms with van der Waals surface area (Å²) in [5, 5.41) is 19.3. The molecule has 0 spiro atoms. The van der Waals surface area contributed by atoms with E-state index in [1.54, 1.807) is 6.92 Å². The smallest absolute Gasteiger partial charge is 0.0925 e. The second kappa shape index (κ2) is 3.11. The van der Waals surface area contributed by atoms with Crippen LogP contribution in [0.3, 0.4) is 0 Å². The van der Waals surface area contributed by atoms with Crippen molar-refractivity contribution < 1.29 is 10.2 Å². The molecule has 0 aliphatic carbocycles. The third kappa shape index (κ3) is 2.17. The molecule has 0 aromatic carbocycles. The van der Waals surface area contributed by atoms with Gasteiger partial charge in [0.1, 0.15) is 0 Å². The number of hydrogen-bond donors (Lipinski definition) is 2. The summed E-state index contributed by atoms with van der Waals surface area (Å²) in [6, 6.07) is 0. The lowest BCUT2D eigenvalue weighted by Crippen LogP contribution is -2.49. The first kappa shape index (κ1) is 10.9. The predicted molar refractivity (Wildman–Crippen MR) is 46.4 cm³/mol. The van der Waals surface area contributed by atoms with Crippen molar-refractivity contribution in [3.8, 4) is 0 Å². The Bertz CT molecular complexity index is 122. The van der Waals surface area contributed by atoms with E-state index in [9.17, 15) is 10.2 Å². The third-order valence-corrected chi connectivity index (χ3v) is 2.55. The quantitative estimate of drug-likeness (QED) is 0.643. The number of aliphatic hydroxyl groups excluding tert-OH is 1. The minimum atomic E-state index is -0.998. The molecular weight excluding hydrogens is 140 g/mol. The third-order valence-electron chi connectivity index (χ3n) is 2.55. The van der Waals surface area contributed by atoms with Crippen molar-refractivity contribution in [1.29, 1.82) is 0 Å². The van der Waals surface area contributed by atoms with Gasteiger partial charge in [0, 0.05) is 0 Å². The van der Waals surface area contributed by atoms with Crippen LogP contribution >= 0.6 is 0 Å². The lowest BCUT2D eigenvalue weighted by atomic mass is 9.74. The fourth-order valence-electron chi connectivity index (χ4n) is 0.897. The van der Waals surface area contributed by atoms with Gasteiger partial charge < -0.3 is 10.2 Å². The summed E-state index contributed by atoms with van der Waals surface area (Å²) < 4.78 is 0. The van der Waals surface area contributed by atoms with Gasteiger partial charge >= 0.3 is 0 Å². The molecule has 0 saturated carbocycles. The monoisotopic (exact) mass is 160 g/mol. The van der Waals surface area contributed by atoms with Gasteiger partial charge in [0.2, 0.25) is 0 Å². The van der Waals surface area contributed by atoms with Gasteiger partial charge in [0.15, 0.2) is 0 Å². The van der Waals surface area contributed by atoms with Gasteiger partial charge in [-0.25, -0.2) is 0 Å². The first-order valence-corrected chi connectivity index (χ1v) is 4.14. The van der Waals surface area contributed by atoms with Crippen LogP contribution in [0, 0.1) is 5.41 Å². The molecule has 2 nitrogen and oxygen atoms in total. The minimum Gasteiger partial charge on any atom is -0.390 e. The molecule has 0 aromatic heterocycles. The zero-order chi connectivity index (χ0) is 9.28. The number of hydrogen-bond acceptors (Lipinski definition) is 2. The zero-order valence-electron chi connectivity index (χ0n) is 8.18. The van der Waals surface area contributed by atoms with Crippen molar-refractivity contribution in [1.82, 2.24) is 0 Å². The van der Waals surface area contributed by atoms with E-state index in [0.29, 0.717) is 6.42 Å². The first-order chi connectivity index (χ1) is 4.73. The summed E-state index contributed by atoms with van der Waals surface area (Å²) in [6.07, 6.45) is -0.0490. The molecular formula is C9H20O2. The van der Waals surface area contributed by atoms with Crippen LogP contribution in [-0.2, 0) is 0 Å². The molecule has 68 valence electrons. The van der Waals surface area contributed by atoms with E-state index >= 15 is 0 Å². The summed E-state index contributed by atoms with van der Waals surface area (Å²) in [4.78, 5) is 0. The van der Waals surface area contributed by atoms with Crippen LogP contribution < -0.4 is 0 Å². The molecule has 0 heterocycles. The molecule has 0 aliphatic heterocycles. The van der Waals surface area contributed by atoms with Gasteiger partial charge in [-0.1, -0.05) is 27.7 Å². The molecule has 0 aliphatic rings. The second-order valence-electron chi connectivity index (χ2n) is 4.32. The van der Waals surface area contributed by atoms with Crippen molar-refractivity contribution in [2.24, 2.45) is 5.41 Å². The van der Waals surface area contributed by atoms with Crippen molar-refractivity contribution in [3.05, 3.63) is 0 Å². The molecule has 0 radical (unpaired) electrons. The highest BCUT2D eigenvalue weighted by atomic mass is 16.3. The fraction of sp³-hybridized carbons (Fsp3) is 1.00. The van der Waals surface area contributed by atoms with Gasteiger partial charge in [0.25, 0.3) is 0 Å². The highest BCUT2D eigenvalue weighted by Gasteiger charge is 2.40. The first-order valence-electron chi connectivity index (χ1n) is 4.14. The Labute approximate surface area is 69.2 Å². The van der Waals surface area contributed by atoms with E-state index in [1.165, 1.54) is 0 Å². The molecule has 0 amide bonds. The number of aliphatic hydroxyl groups is 2. The van der Waals surface area contributed by atoms with Crippen LogP contribution in [0.1, 0.15) is 41.0 Å². The van der Waals surface area contributed by atoms with Crippen LogP contribution in [0.15, 0.2) is 0 Å². The van der Waals surface area contributed by atoms with Crippen LogP contribution in [0.25, 0.3) is 0 Å². The van der Waals surface area contributed by atoms with Gasteiger partial charge in [-0.3, -0.25) is 0 Å². The van der Waals surface area contributed by atoms with Crippen LogP contribution in [-0.4, -0.2) is 21.9 Å². The van der Waals surface area contributed by atoms with Gasteiger partial charge in [0.05, 0.1) is 11.7 Å². The second-order valence-corrected chi connectivity index (χ2v) is 4.32. The Balaban J connectivity index is 4.45. The fourth-order valence-corrected chi connectivity index (χ4v) is 0.897. The van der Waals surface area contributed by atoms with Gasteiger partial charge in [-0.15, -0.1) is 0 Å². The molecule has 0 saturated heterocycles. The van der Waals surface area contributed by atoms with Crippen molar-refractivity contribution in [3.63, 3.8) is 0 Å². The average molecular weight is 160 g/mol. The Morgan fingerprint density at radius 3 is 1.64 bits per heavy atom. The summed E-state index contributed by atoms with van der Waals surface area (Å²) in [5.74, 6) is 0. The normalized spacial score (nSPS) is 21.0. The maximum Gasteiger partial charge on any atom is 0.0925 e. The molecule has 2 heteroatoms. The highest BCUT2D eigenvalue weighted by molar-refractivity contribution is 4.91. The molecule has 0 aromatic rings. The summed E-state index contributed by atoms with van der Waals surface area (Å²) >= 11 is 0. The van der Waals surface area contributed by atoms with Gasteiger partial charge in [-0.05, 0) is 18.8 Å². The lowest BCUT2D eigenvalue weighted by molar-refractivity contribution is -0.129. The number of rotatable bonds is 2. The van der Waals surface area contributed by atoms with Crippen molar-refractivity contribution in [2.75, 3.05) is 0 Å². The summed E-state index contributed by atoms with van der Waals surface area (Å²) in [6.45, 7) is 9.32. The molecule has 0 fully saturated rings. The minimum absolute atomic E-state index is 0.275. The predicted octanol–water partition coefficient (Wildman–Crippen LogP) is 1.55. The molecule has 0 rings (SSSR count). The Morgan fingerprint density at radius 2 is 1.55 bits per heavy atom. The van der Waals surface area contributed by atoms with E-state index in [0.717, 1.165) is 0 Å². The van der Waals surface area contributed by atoms with Gasteiger partial charge in [-0.2, -0.15) is 0 Å². The average Bonchev–Trinajstić information content (AvgIpc) is 1.83. The van der Waals surface area contributed by atoms with E-state index in [1.807, 2.05) is 27.7 Å². The Kier molecular flexibility index (Phi) is 3.09. The molecule has 1 unspecified atom stereocenters. The van der Waals surface area contributed by atoms with Crippen LogP contribution in [0.5, 0.6) is 0 Å². The maximum atomic E-state index is 9.87. The van der Waals surface area contributed by atoms with E-state index < -0.39 is 11.7 Å². The van der Waals surface area contributed by atoms with E-state index in [2.05, 4.69) is 0 Å². The highest BCUT2D eigenvalue weighted by Crippen LogP contribution is 2.33. The SMILES string of the molecule is CCC(O)[C@](C)(O)C(C)(C)C. The van der Waals surface area contributed by atoms with Crippen molar-refractivity contribution >= 4 is 0 Å². The molecule has 11 heavy (non-hydrogen) atoms. The molecule has 0 bridgehead atoms. The lowest BCUT2D eigenvalue weighted by Gasteiger charge is -2.40. The largest absolute Gasteiger partial charge is 0.390 e. The standard InChI is InChI=1S/C9H20O2/c1-6-7(10)9(5,11)8(2,3)4/h7,10-11H,6H2,1-5H3/t7?,9-/m0/s1. The van der Waals surface area contributed by atoms with E-state index in [-0.39, 0.29) is 5.41 Å².